The first-order valence-electron chi connectivity index (χ1n) is 12.0. The van der Waals surface area contributed by atoms with Gasteiger partial charge in [0.1, 0.15) is 5.75 Å². The Labute approximate surface area is 215 Å². The molecule has 2 N–H and O–H groups in total. The van der Waals surface area contributed by atoms with E-state index in [1.807, 2.05) is 30.3 Å². The molecule has 0 radical (unpaired) electrons. The molecule has 0 unspecified atom stereocenters. The maximum Gasteiger partial charge on any atom is 0.250 e. The van der Waals surface area contributed by atoms with Crippen LogP contribution in [0.3, 0.4) is 0 Å². The molecule has 3 aromatic carbocycles. The van der Waals surface area contributed by atoms with Crippen molar-refractivity contribution in [2.45, 2.75) is 32.5 Å². The van der Waals surface area contributed by atoms with Gasteiger partial charge in [0.05, 0.1) is 29.5 Å². The second-order valence-corrected chi connectivity index (χ2v) is 9.39. The second kappa shape index (κ2) is 11.8. The Morgan fingerprint density at radius 3 is 2.58 bits per heavy atom. The highest BCUT2D eigenvalue weighted by molar-refractivity contribution is 7.99. The normalized spacial score (nSPS) is 11.3. The van der Waals surface area contributed by atoms with Crippen molar-refractivity contribution in [3.8, 4) is 5.75 Å². The van der Waals surface area contributed by atoms with Gasteiger partial charge < -0.3 is 14.6 Å². The number of carbonyl (C=O) groups excluding carboxylic acids is 1. The Morgan fingerprint density at radius 2 is 1.86 bits per heavy atom. The Kier molecular flexibility index (Phi) is 8.28. The minimum Gasteiger partial charge on any atom is -0.507 e. The maximum absolute atomic E-state index is 12.5. The lowest BCUT2D eigenvalue weighted by molar-refractivity contribution is -0.118. The minimum absolute atomic E-state index is 0.122. The van der Waals surface area contributed by atoms with Gasteiger partial charge in [-0.15, -0.1) is 0 Å². The van der Waals surface area contributed by atoms with E-state index in [1.54, 1.807) is 12.1 Å². The number of aryl methyl sites for hydroxylation is 1. The van der Waals surface area contributed by atoms with Crippen molar-refractivity contribution in [1.82, 2.24) is 15.0 Å². The van der Waals surface area contributed by atoms with Gasteiger partial charge in [-0.3, -0.25) is 4.79 Å². The van der Waals surface area contributed by atoms with Crippen LogP contribution < -0.4 is 10.3 Å². The summed E-state index contributed by atoms with van der Waals surface area (Å²) in [6, 6.07) is 21.9. The fourth-order valence-corrected chi connectivity index (χ4v) is 4.76. The van der Waals surface area contributed by atoms with Gasteiger partial charge in [-0.2, -0.15) is 5.10 Å². The molecule has 1 amide bonds. The maximum atomic E-state index is 12.5. The molecule has 0 aliphatic carbocycles. The van der Waals surface area contributed by atoms with Crippen molar-refractivity contribution in [3.63, 3.8) is 0 Å². The predicted octanol–water partition coefficient (Wildman–Crippen LogP) is 5.19. The van der Waals surface area contributed by atoms with Crippen molar-refractivity contribution in [3.05, 3.63) is 83.4 Å². The van der Waals surface area contributed by atoms with E-state index in [0.717, 1.165) is 35.0 Å². The number of hydrogen-bond acceptors (Lipinski definition) is 6. The highest BCUT2D eigenvalue weighted by Crippen LogP contribution is 2.26. The Balaban J connectivity index is 1.40. The van der Waals surface area contributed by atoms with Crippen LogP contribution in [0.15, 0.2) is 77.0 Å². The van der Waals surface area contributed by atoms with E-state index in [-0.39, 0.29) is 17.4 Å². The van der Waals surface area contributed by atoms with Crippen LogP contribution in [0, 0.1) is 6.92 Å². The number of thioether (sulfide) groups is 1. The molecule has 186 valence electrons. The highest BCUT2D eigenvalue weighted by Gasteiger charge is 2.13. The molecule has 4 rings (SSSR count). The largest absolute Gasteiger partial charge is 0.507 e. The van der Waals surface area contributed by atoms with Crippen LogP contribution in [0.1, 0.15) is 30.5 Å². The predicted molar refractivity (Wildman–Crippen MR) is 148 cm³/mol. The van der Waals surface area contributed by atoms with E-state index in [2.05, 4.69) is 65.0 Å². The van der Waals surface area contributed by atoms with E-state index in [9.17, 15) is 9.90 Å². The monoisotopic (exact) mass is 501 g/mol. The number of nitrogens with one attached hydrogen (secondary N) is 1. The first-order chi connectivity index (χ1) is 17.5. The summed E-state index contributed by atoms with van der Waals surface area (Å²) in [6.07, 6.45) is 1.45. The summed E-state index contributed by atoms with van der Waals surface area (Å²) in [7, 11) is 0. The van der Waals surface area contributed by atoms with Crippen molar-refractivity contribution in [2.75, 3.05) is 23.7 Å². The molecular weight excluding hydrogens is 470 g/mol. The van der Waals surface area contributed by atoms with Gasteiger partial charge in [0.2, 0.25) is 0 Å². The molecule has 0 aliphatic rings. The van der Waals surface area contributed by atoms with Crippen LogP contribution in [-0.2, 0) is 11.3 Å². The van der Waals surface area contributed by atoms with E-state index < -0.39 is 0 Å². The SMILES string of the molecule is CCN(CC)c1ccc(C=NNC(=O)CSc2nc3ccccc3n2Cc2ccc(C)cc2)c(O)c1. The van der Waals surface area contributed by atoms with E-state index in [4.69, 9.17) is 4.98 Å². The average Bonchev–Trinajstić information content (AvgIpc) is 3.23. The molecule has 0 saturated heterocycles. The molecule has 0 saturated carbocycles. The topological polar surface area (TPSA) is 82.8 Å². The number of aromatic nitrogens is 2. The third-order valence-corrected chi connectivity index (χ3v) is 6.93. The number of carbonyl (C=O) groups is 1. The zero-order valence-corrected chi connectivity index (χ0v) is 21.6. The molecule has 7 nitrogen and oxygen atoms in total. The molecule has 8 heteroatoms. The molecule has 0 fully saturated rings. The first-order valence-corrected chi connectivity index (χ1v) is 13.0. The number of phenolic OH excluding ortho intramolecular Hbond substituents is 1. The number of phenols is 1. The molecule has 1 aromatic heterocycles. The van der Waals surface area contributed by atoms with Gasteiger partial charge in [-0.05, 0) is 50.6 Å². The average molecular weight is 502 g/mol. The molecule has 4 aromatic rings. The zero-order chi connectivity index (χ0) is 25.5. The number of rotatable bonds is 10. The molecule has 0 spiro atoms. The molecule has 0 aliphatic heterocycles. The third-order valence-electron chi connectivity index (χ3n) is 5.95. The molecule has 36 heavy (non-hydrogen) atoms. The number of hydrogen-bond donors (Lipinski definition) is 2. The summed E-state index contributed by atoms with van der Waals surface area (Å²) in [5, 5.41) is 15.1. The zero-order valence-electron chi connectivity index (χ0n) is 20.8. The number of hydrazone groups is 1. The van der Waals surface area contributed by atoms with Gasteiger partial charge in [-0.25, -0.2) is 10.4 Å². The Bertz CT molecular complexity index is 1360. The lowest BCUT2D eigenvalue weighted by Crippen LogP contribution is -2.21. The summed E-state index contributed by atoms with van der Waals surface area (Å²) in [6.45, 7) is 8.60. The van der Waals surface area contributed by atoms with Crippen LogP contribution >= 0.6 is 11.8 Å². The van der Waals surface area contributed by atoms with Gasteiger partial charge in [-0.1, -0.05) is 53.7 Å². The smallest absolute Gasteiger partial charge is 0.250 e. The van der Waals surface area contributed by atoms with Crippen molar-refractivity contribution in [1.29, 1.82) is 0 Å². The lowest BCUT2D eigenvalue weighted by Gasteiger charge is -2.21. The number of amides is 1. The van der Waals surface area contributed by atoms with Crippen LogP contribution in [0.2, 0.25) is 0 Å². The standard InChI is InChI=1S/C28H31N5O2S/c1-4-32(5-2)23-15-14-22(26(34)16-23)17-29-31-27(35)19-36-28-30-24-8-6-7-9-25(24)33(28)18-21-12-10-20(3)11-13-21/h6-17,34H,4-5,18-19H2,1-3H3,(H,31,35). The fourth-order valence-electron chi connectivity index (χ4n) is 3.96. The van der Waals surface area contributed by atoms with Crippen LogP contribution in [0.5, 0.6) is 5.75 Å². The number of anilines is 1. The molecule has 0 bridgehead atoms. The lowest BCUT2D eigenvalue weighted by atomic mass is 10.1. The van der Waals surface area contributed by atoms with Crippen molar-refractivity contribution < 1.29 is 9.90 Å². The van der Waals surface area contributed by atoms with Gasteiger partial charge >= 0.3 is 0 Å². The van der Waals surface area contributed by atoms with Gasteiger partial charge in [0, 0.05) is 30.4 Å². The summed E-state index contributed by atoms with van der Waals surface area (Å²) < 4.78 is 2.14. The molecule has 1 heterocycles. The summed E-state index contributed by atoms with van der Waals surface area (Å²) in [5.41, 5.74) is 8.35. The number of fused-ring (bicyclic) bond motifs is 1. The summed E-state index contributed by atoms with van der Waals surface area (Å²) in [4.78, 5) is 19.4. The summed E-state index contributed by atoms with van der Waals surface area (Å²) >= 11 is 1.37. The molecular formula is C28H31N5O2S. The number of benzene rings is 3. The minimum atomic E-state index is -0.246. The van der Waals surface area contributed by atoms with Crippen molar-refractivity contribution >= 4 is 40.6 Å². The Morgan fingerprint density at radius 1 is 1.11 bits per heavy atom. The van der Waals surface area contributed by atoms with Crippen LogP contribution in [0.4, 0.5) is 5.69 Å². The van der Waals surface area contributed by atoms with Crippen LogP contribution in [0.25, 0.3) is 11.0 Å². The van der Waals surface area contributed by atoms with Gasteiger partial charge in [0.25, 0.3) is 5.91 Å². The van der Waals surface area contributed by atoms with Crippen molar-refractivity contribution in [2.24, 2.45) is 5.10 Å². The number of aromatic hydroxyl groups is 1. The van der Waals surface area contributed by atoms with E-state index >= 15 is 0 Å². The fraction of sp³-hybridized carbons (Fsp3) is 0.250. The molecule has 0 atom stereocenters. The third kappa shape index (κ3) is 6.07. The summed E-state index contributed by atoms with van der Waals surface area (Å²) in [5.74, 6) is 0.0441. The van der Waals surface area contributed by atoms with Gasteiger partial charge in [0.15, 0.2) is 5.16 Å². The first kappa shape index (κ1) is 25.3. The Hall–Kier alpha value is -3.78. The number of nitrogens with zero attached hydrogens (tertiary/aromatic N) is 4. The number of para-hydroxylation sites is 2. The highest BCUT2D eigenvalue weighted by atomic mass is 32.2. The van der Waals surface area contributed by atoms with Crippen LogP contribution in [-0.4, -0.2) is 45.6 Å². The van der Waals surface area contributed by atoms with E-state index in [1.165, 1.54) is 29.1 Å². The second-order valence-electron chi connectivity index (χ2n) is 8.45. The number of imidazole rings is 1. The quantitative estimate of drug-likeness (QED) is 0.178. The van der Waals surface area contributed by atoms with E-state index in [0.29, 0.717) is 12.1 Å².